The Labute approximate surface area is 108 Å². The smallest absolute Gasteiger partial charge is 0.0798 e. The molecule has 1 aliphatic heterocycles. The molecule has 3 nitrogen and oxygen atoms in total. The minimum Gasteiger partial charge on any atom is -0.317 e. The molecular formula is C13H23N3S. The predicted molar refractivity (Wildman–Crippen MR) is 73.4 cm³/mol. The summed E-state index contributed by atoms with van der Waals surface area (Å²) in [5.74, 6) is 0.883. The van der Waals surface area contributed by atoms with Crippen LogP contribution in [0.1, 0.15) is 30.3 Å². The molecule has 0 unspecified atom stereocenters. The molecule has 1 saturated heterocycles. The molecule has 1 aliphatic rings. The maximum atomic E-state index is 4.32. The molecule has 0 atom stereocenters. The van der Waals surface area contributed by atoms with E-state index in [0.29, 0.717) is 0 Å². The summed E-state index contributed by atoms with van der Waals surface area (Å²) in [6.07, 6.45) is 2.68. The van der Waals surface area contributed by atoms with E-state index in [1.54, 1.807) is 11.3 Å². The Balaban J connectivity index is 1.74. The van der Waals surface area contributed by atoms with E-state index in [1.807, 2.05) is 5.51 Å². The lowest BCUT2D eigenvalue weighted by Gasteiger charge is -2.31. The van der Waals surface area contributed by atoms with E-state index < -0.39 is 0 Å². The van der Waals surface area contributed by atoms with Gasteiger partial charge in [-0.2, -0.15) is 0 Å². The molecule has 4 heteroatoms. The van der Waals surface area contributed by atoms with Crippen molar-refractivity contribution in [1.82, 2.24) is 15.2 Å². The number of hydrogen-bond acceptors (Lipinski definition) is 4. The summed E-state index contributed by atoms with van der Waals surface area (Å²) in [6.45, 7) is 10.2. The van der Waals surface area contributed by atoms with Crippen LogP contribution in [-0.2, 0) is 6.54 Å². The first kappa shape index (κ1) is 13.0. The van der Waals surface area contributed by atoms with Crippen molar-refractivity contribution in [3.8, 4) is 0 Å². The van der Waals surface area contributed by atoms with Crippen molar-refractivity contribution >= 4 is 11.3 Å². The third kappa shape index (κ3) is 3.76. The highest BCUT2D eigenvalue weighted by Crippen LogP contribution is 2.21. The fourth-order valence-corrected chi connectivity index (χ4v) is 3.20. The van der Waals surface area contributed by atoms with Crippen molar-refractivity contribution in [3.05, 3.63) is 16.1 Å². The fraction of sp³-hybridized carbons (Fsp3) is 0.769. The molecule has 0 bridgehead atoms. The number of aryl methyl sites for hydroxylation is 1. The Morgan fingerprint density at radius 1 is 1.47 bits per heavy atom. The van der Waals surface area contributed by atoms with Gasteiger partial charge in [0.25, 0.3) is 0 Å². The number of hydrogen-bond donors (Lipinski definition) is 1. The molecule has 17 heavy (non-hydrogen) atoms. The zero-order chi connectivity index (χ0) is 12.1. The Morgan fingerprint density at radius 2 is 2.24 bits per heavy atom. The topological polar surface area (TPSA) is 28.2 Å². The monoisotopic (exact) mass is 253 g/mol. The van der Waals surface area contributed by atoms with Crippen LogP contribution >= 0.6 is 11.3 Å². The zero-order valence-electron chi connectivity index (χ0n) is 10.9. The normalized spacial score (nSPS) is 18.7. The first-order valence-corrected chi connectivity index (χ1v) is 7.49. The van der Waals surface area contributed by atoms with Gasteiger partial charge >= 0.3 is 0 Å². The molecule has 1 N–H and O–H groups in total. The minimum absolute atomic E-state index is 0.883. The second-order valence-corrected chi connectivity index (χ2v) is 5.83. The summed E-state index contributed by atoms with van der Waals surface area (Å²) in [5, 5.41) is 3.46. The van der Waals surface area contributed by atoms with Gasteiger partial charge in [0, 0.05) is 11.4 Å². The quantitative estimate of drug-likeness (QED) is 0.872. The largest absolute Gasteiger partial charge is 0.317 e. The standard InChI is InChI=1S/C13H23N3S/c1-3-14-8-12-4-6-16(7-5-12)9-13-11(2)15-10-17-13/h10,12,14H,3-9H2,1-2H3. The van der Waals surface area contributed by atoms with E-state index in [0.717, 1.165) is 19.0 Å². The number of thiazole rings is 1. The second kappa shape index (κ2) is 6.47. The fourth-order valence-electron chi connectivity index (χ4n) is 2.38. The van der Waals surface area contributed by atoms with E-state index in [2.05, 4.69) is 29.0 Å². The molecule has 0 spiro atoms. The van der Waals surface area contributed by atoms with Gasteiger partial charge in [-0.15, -0.1) is 11.3 Å². The number of aromatic nitrogens is 1. The number of nitrogens with zero attached hydrogens (tertiary/aromatic N) is 2. The van der Waals surface area contributed by atoms with Crippen LogP contribution in [0.3, 0.4) is 0 Å². The maximum Gasteiger partial charge on any atom is 0.0798 e. The summed E-state index contributed by atoms with van der Waals surface area (Å²) in [5.41, 5.74) is 3.17. The highest BCUT2D eigenvalue weighted by atomic mass is 32.1. The van der Waals surface area contributed by atoms with Gasteiger partial charge in [-0.05, 0) is 51.9 Å². The van der Waals surface area contributed by atoms with Crippen molar-refractivity contribution in [2.45, 2.75) is 33.2 Å². The van der Waals surface area contributed by atoms with Crippen LogP contribution in [0.25, 0.3) is 0 Å². The molecule has 96 valence electrons. The summed E-state index contributed by atoms with van der Waals surface area (Å²) >= 11 is 1.79. The Morgan fingerprint density at radius 3 is 2.82 bits per heavy atom. The highest BCUT2D eigenvalue weighted by molar-refractivity contribution is 7.09. The SMILES string of the molecule is CCNCC1CCN(Cc2scnc2C)CC1. The summed E-state index contributed by atoms with van der Waals surface area (Å²) in [4.78, 5) is 8.33. The molecule has 0 radical (unpaired) electrons. The van der Waals surface area contributed by atoms with E-state index in [4.69, 9.17) is 0 Å². The van der Waals surface area contributed by atoms with Gasteiger partial charge < -0.3 is 5.32 Å². The zero-order valence-corrected chi connectivity index (χ0v) is 11.7. The van der Waals surface area contributed by atoms with Gasteiger partial charge in [-0.25, -0.2) is 4.98 Å². The lowest BCUT2D eigenvalue weighted by atomic mass is 9.97. The number of rotatable bonds is 5. The van der Waals surface area contributed by atoms with E-state index in [-0.39, 0.29) is 0 Å². The van der Waals surface area contributed by atoms with Crippen molar-refractivity contribution < 1.29 is 0 Å². The molecule has 2 rings (SSSR count). The summed E-state index contributed by atoms with van der Waals surface area (Å²) < 4.78 is 0. The lowest BCUT2D eigenvalue weighted by Crippen LogP contribution is -2.36. The van der Waals surface area contributed by atoms with Gasteiger partial charge in [-0.3, -0.25) is 4.90 Å². The maximum absolute atomic E-state index is 4.32. The third-order valence-electron chi connectivity index (χ3n) is 3.60. The van der Waals surface area contributed by atoms with Gasteiger partial charge in [-0.1, -0.05) is 6.92 Å². The van der Waals surface area contributed by atoms with Crippen LogP contribution in [0.4, 0.5) is 0 Å². The van der Waals surface area contributed by atoms with Gasteiger partial charge in [0.05, 0.1) is 11.2 Å². The molecule has 2 heterocycles. The molecule has 0 aliphatic carbocycles. The first-order valence-electron chi connectivity index (χ1n) is 6.61. The van der Waals surface area contributed by atoms with Gasteiger partial charge in [0.1, 0.15) is 0 Å². The average Bonchev–Trinajstić information content (AvgIpc) is 2.74. The van der Waals surface area contributed by atoms with E-state index in [1.165, 1.54) is 43.0 Å². The first-order chi connectivity index (χ1) is 8.29. The van der Waals surface area contributed by atoms with E-state index >= 15 is 0 Å². The highest BCUT2D eigenvalue weighted by Gasteiger charge is 2.19. The minimum atomic E-state index is 0.883. The lowest BCUT2D eigenvalue weighted by molar-refractivity contribution is 0.177. The molecule has 1 aromatic rings. The second-order valence-electron chi connectivity index (χ2n) is 4.89. The molecule has 0 saturated carbocycles. The molecule has 0 amide bonds. The van der Waals surface area contributed by atoms with Crippen LogP contribution in [0.5, 0.6) is 0 Å². The predicted octanol–water partition coefficient (Wildman–Crippen LogP) is 2.27. The van der Waals surface area contributed by atoms with Crippen LogP contribution in [0, 0.1) is 12.8 Å². The summed E-state index contributed by atoms with van der Waals surface area (Å²) in [6, 6.07) is 0. The number of likely N-dealkylation sites (tertiary alicyclic amines) is 1. The van der Waals surface area contributed by atoms with Crippen LogP contribution < -0.4 is 5.32 Å². The van der Waals surface area contributed by atoms with Crippen LogP contribution in [-0.4, -0.2) is 36.1 Å². The molecule has 1 fully saturated rings. The van der Waals surface area contributed by atoms with Gasteiger partial charge in [0.15, 0.2) is 0 Å². The molecule has 1 aromatic heterocycles. The number of nitrogens with one attached hydrogen (secondary N) is 1. The third-order valence-corrected chi connectivity index (χ3v) is 4.52. The summed E-state index contributed by atoms with van der Waals surface area (Å²) in [7, 11) is 0. The van der Waals surface area contributed by atoms with E-state index in [9.17, 15) is 0 Å². The Kier molecular flexibility index (Phi) is 4.95. The van der Waals surface area contributed by atoms with Gasteiger partial charge in [0.2, 0.25) is 0 Å². The Bertz CT molecular complexity index is 329. The van der Waals surface area contributed by atoms with Crippen LogP contribution in [0.2, 0.25) is 0 Å². The average molecular weight is 253 g/mol. The van der Waals surface area contributed by atoms with Crippen molar-refractivity contribution in [1.29, 1.82) is 0 Å². The van der Waals surface area contributed by atoms with Crippen molar-refractivity contribution in [2.24, 2.45) is 5.92 Å². The molecule has 0 aromatic carbocycles. The Hall–Kier alpha value is -0.450. The van der Waals surface area contributed by atoms with Crippen molar-refractivity contribution in [3.63, 3.8) is 0 Å². The number of piperidine rings is 1. The van der Waals surface area contributed by atoms with Crippen molar-refractivity contribution in [2.75, 3.05) is 26.2 Å². The van der Waals surface area contributed by atoms with Crippen LogP contribution in [0.15, 0.2) is 5.51 Å². The molecular weight excluding hydrogens is 230 g/mol.